The molecule has 142 valence electrons. The molecule has 0 aliphatic carbocycles. The second-order valence-corrected chi connectivity index (χ2v) is 6.16. The van der Waals surface area contributed by atoms with Gasteiger partial charge in [-0.3, -0.25) is 9.59 Å². The Balaban J connectivity index is 1.67. The number of nitrogens with one attached hydrogen (secondary N) is 2. The third-order valence-electron chi connectivity index (χ3n) is 3.93. The molecule has 5 nitrogen and oxygen atoms in total. The topological polar surface area (TPSA) is 71.1 Å². The Morgan fingerprint density at radius 3 is 2.32 bits per heavy atom. The van der Waals surface area contributed by atoms with Gasteiger partial charge in [-0.05, 0) is 36.8 Å². The Kier molecular flexibility index (Phi) is 5.74. The molecule has 3 aromatic rings. The summed E-state index contributed by atoms with van der Waals surface area (Å²) in [6.45, 7) is 2.29. The number of benzene rings is 2. The van der Waals surface area contributed by atoms with E-state index in [0.717, 1.165) is 23.3 Å². The minimum absolute atomic E-state index is 0.0204. The van der Waals surface area contributed by atoms with Crippen LogP contribution in [0.15, 0.2) is 60.7 Å². The molecule has 0 bridgehead atoms. The number of pyridine rings is 1. The summed E-state index contributed by atoms with van der Waals surface area (Å²) in [7, 11) is 0. The van der Waals surface area contributed by atoms with Crippen LogP contribution < -0.4 is 10.6 Å². The number of halogens is 2. The lowest BCUT2D eigenvalue weighted by Gasteiger charge is -2.08. The van der Waals surface area contributed by atoms with Crippen LogP contribution in [0.25, 0.3) is 0 Å². The standard InChI is InChI=1S/C21H17F2N3O2/c1-13-4-2-5-14(10-13)12-24-20(27)18-6-3-7-19(26-18)21(28)25-15-8-9-16(22)17(23)11-15/h2-11H,12H2,1H3,(H,24,27)(H,25,28). The van der Waals surface area contributed by atoms with E-state index in [4.69, 9.17) is 0 Å². The SMILES string of the molecule is Cc1cccc(CNC(=O)c2cccc(C(=O)Nc3ccc(F)c(F)c3)n2)c1. The number of rotatable bonds is 5. The van der Waals surface area contributed by atoms with E-state index in [-0.39, 0.29) is 17.1 Å². The molecule has 0 saturated carbocycles. The Morgan fingerprint density at radius 1 is 0.893 bits per heavy atom. The van der Waals surface area contributed by atoms with Crippen molar-refractivity contribution in [2.45, 2.75) is 13.5 Å². The summed E-state index contributed by atoms with van der Waals surface area (Å²) in [6, 6.07) is 15.2. The lowest BCUT2D eigenvalue weighted by atomic mass is 10.1. The first kappa shape index (κ1) is 19.2. The molecule has 0 aliphatic heterocycles. The van der Waals surface area contributed by atoms with E-state index in [1.54, 1.807) is 0 Å². The van der Waals surface area contributed by atoms with E-state index in [1.165, 1.54) is 24.3 Å². The highest BCUT2D eigenvalue weighted by molar-refractivity contribution is 6.03. The van der Waals surface area contributed by atoms with Crippen LogP contribution in [0.5, 0.6) is 0 Å². The van der Waals surface area contributed by atoms with Gasteiger partial charge in [0.25, 0.3) is 11.8 Å². The first-order valence-electron chi connectivity index (χ1n) is 8.49. The first-order valence-corrected chi connectivity index (χ1v) is 8.49. The minimum atomic E-state index is -1.07. The van der Waals surface area contributed by atoms with E-state index in [1.807, 2.05) is 31.2 Å². The van der Waals surface area contributed by atoms with Crippen LogP contribution in [0.3, 0.4) is 0 Å². The highest BCUT2D eigenvalue weighted by Gasteiger charge is 2.13. The molecule has 2 aromatic carbocycles. The lowest BCUT2D eigenvalue weighted by Crippen LogP contribution is -2.25. The monoisotopic (exact) mass is 381 g/mol. The number of carbonyl (C=O) groups is 2. The number of nitrogens with zero attached hydrogens (tertiary/aromatic N) is 1. The van der Waals surface area contributed by atoms with Gasteiger partial charge < -0.3 is 10.6 Å². The van der Waals surface area contributed by atoms with Crippen LogP contribution in [-0.4, -0.2) is 16.8 Å². The van der Waals surface area contributed by atoms with Crippen LogP contribution >= 0.6 is 0 Å². The second kappa shape index (κ2) is 8.39. The summed E-state index contributed by atoms with van der Waals surface area (Å²) in [5.41, 5.74) is 2.17. The van der Waals surface area contributed by atoms with Crippen LogP contribution in [0.2, 0.25) is 0 Å². The molecule has 0 atom stereocenters. The summed E-state index contributed by atoms with van der Waals surface area (Å²) in [5.74, 6) is -3.15. The van der Waals surface area contributed by atoms with Crippen molar-refractivity contribution < 1.29 is 18.4 Å². The van der Waals surface area contributed by atoms with Gasteiger partial charge >= 0.3 is 0 Å². The van der Waals surface area contributed by atoms with Crippen molar-refractivity contribution >= 4 is 17.5 Å². The molecule has 7 heteroatoms. The predicted octanol–water partition coefficient (Wildman–Crippen LogP) is 3.85. The van der Waals surface area contributed by atoms with Crippen LogP contribution in [0, 0.1) is 18.6 Å². The number of hydrogen-bond donors (Lipinski definition) is 2. The van der Waals surface area contributed by atoms with E-state index in [9.17, 15) is 18.4 Å². The van der Waals surface area contributed by atoms with Crippen molar-refractivity contribution in [3.8, 4) is 0 Å². The zero-order valence-corrected chi connectivity index (χ0v) is 15.0. The molecule has 2 N–H and O–H groups in total. The molecule has 1 heterocycles. The van der Waals surface area contributed by atoms with Crippen LogP contribution in [0.1, 0.15) is 32.1 Å². The maximum atomic E-state index is 13.3. The van der Waals surface area contributed by atoms with Gasteiger partial charge in [-0.2, -0.15) is 0 Å². The highest BCUT2D eigenvalue weighted by Crippen LogP contribution is 2.14. The van der Waals surface area contributed by atoms with Crippen LogP contribution in [0.4, 0.5) is 14.5 Å². The summed E-state index contributed by atoms with van der Waals surface area (Å²) < 4.78 is 26.2. The second-order valence-electron chi connectivity index (χ2n) is 6.16. The Hall–Kier alpha value is -3.61. The summed E-state index contributed by atoms with van der Waals surface area (Å²) in [6.07, 6.45) is 0. The number of aryl methyl sites for hydroxylation is 1. The fourth-order valence-corrected chi connectivity index (χ4v) is 2.55. The maximum absolute atomic E-state index is 13.3. The summed E-state index contributed by atoms with van der Waals surface area (Å²) in [4.78, 5) is 28.6. The molecule has 0 unspecified atom stereocenters. The van der Waals surface area contributed by atoms with Gasteiger partial charge in [0.1, 0.15) is 11.4 Å². The van der Waals surface area contributed by atoms with Gasteiger partial charge in [-0.25, -0.2) is 13.8 Å². The molecule has 0 aliphatic rings. The van der Waals surface area contributed by atoms with Gasteiger partial charge in [-0.1, -0.05) is 35.9 Å². The van der Waals surface area contributed by atoms with E-state index in [0.29, 0.717) is 6.54 Å². The van der Waals surface area contributed by atoms with E-state index < -0.39 is 23.4 Å². The van der Waals surface area contributed by atoms with Crippen molar-refractivity contribution in [1.82, 2.24) is 10.3 Å². The third kappa shape index (κ3) is 4.76. The Bertz CT molecular complexity index is 1040. The number of hydrogen-bond acceptors (Lipinski definition) is 3. The van der Waals surface area contributed by atoms with Gasteiger partial charge in [-0.15, -0.1) is 0 Å². The Morgan fingerprint density at radius 2 is 1.61 bits per heavy atom. The molecular formula is C21H17F2N3O2. The van der Waals surface area contributed by atoms with Gasteiger partial charge in [0.05, 0.1) is 0 Å². The fourth-order valence-electron chi connectivity index (χ4n) is 2.55. The number of carbonyl (C=O) groups excluding carboxylic acids is 2. The smallest absolute Gasteiger partial charge is 0.274 e. The van der Waals surface area contributed by atoms with Crippen molar-refractivity contribution in [3.05, 3.63) is 94.8 Å². The molecule has 1 aromatic heterocycles. The third-order valence-corrected chi connectivity index (χ3v) is 3.93. The number of aromatic nitrogens is 1. The van der Waals surface area contributed by atoms with Crippen LogP contribution in [-0.2, 0) is 6.54 Å². The molecule has 2 amide bonds. The predicted molar refractivity (Wildman–Crippen MR) is 101 cm³/mol. The van der Waals surface area contributed by atoms with Gasteiger partial charge in [0.15, 0.2) is 11.6 Å². The molecular weight excluding hydrogens is 364 g/mol. The average Bonchev–Trinajstić information content (AvgIpc) is 2.69. The molecule has 0 radical (unpaired) electrons. The van der Waals surface area contributed by atoms with Gasteiger partial charge in [0, 0.05) is 18.3 Å². The van der Waals surface area contributed by atoms with E-state index in [2.05, 4.69) is 15.6 Å². The highest BCUT2D eigenvalue weighted by atomic mass is 19.2. The van der Waals surface area contributed by atoms with Crippen molar-refractivity contribution in [2.75, 3.05) is 5.32 Å². The fraction of sp³-hybridized carbons (Fsp3) is 0.0952. The summed E-state index contributed by atoms with van der Waals surface area (Å²) >= 11 is 0. The maximum Gasteiger partial charge on any atom is 0.274 e. The lowest BCUT2D eigenvalue weighted by molar-refractivity contribution is 0.0945. The first-order chi connectivity index (χ1) is 13.4. The van der Waals surface area contributed by atoms with Crippen molar-refractivity contribution in [3.63, 3.8) is 0 Å². The van der Waals surface area contributed by atoms with Crippen molar-refractivity contribution in [1.29, 1.82) is 0 Å². The zero-order valence-electron chi connectivity index (χ0n) is 15.0. The van der Waals surface area contributed by atoms with E-state index >= 15 is 0 Å². The largest absolute Gasteiger partial charge is 0.347 e. The molecule has 3 rings (SSSR count). The van der Waals surface area contributed by atoms with Crippen molar-refractivity contribution in [2.24, 2.45) is 0 Å². The quantitative estimate of drug-likeness (QED) is 0.705. The molecule has 28 heavy (non-hydrogen) atoms. The molecule has 0 spiro atoms. The number of anilines is 1. The van der Waals surface area contributed by atoms with Gasteiger partial charge in [0.2, 0.25) is 0 Å². The molecule has 0 fully saturated rings. The minimum Gasteiger partial charge on any atom is -0.347 e. The average molecular weight is 381 g/mol. The zero-order chi connectivity index (χ0) is 20.1. The number of amides is 2. The molecule has 0 saturated heterocycles. The normalized spacial score (nSPS) is 10.4. The summed E-state index contributed by atoms with van der Waals surface area (Å²) in [5, 5.41) is 5.16. The Labute approximate surface area is 160 Å².